The number of rotatable bonds is 3. The maximum atomic E-state index is 7.28. The van der Waals surface area contributed by atoms with Gasteiger partial charge in [0.1, 0.15) is 0 Å². The van der Waals surface area contributed by atoms with Crippen LogP contribution < -0.4 is 0 Å². The Morgan fingerprint density at radius 2 is 1.50 bits per heavy atom. The third kappa shape index (κ3) is 1.83. The first kappa shape index (κ1) is 6.09. The predicted octanol–water partition coefficient (Wildman–Crippen LogP) is 1.49. The fourth-order valence-electron chi connectivity index (χ4n) is 0.671. The normalized spacial score (nSPS) is 13.6. The van der Waals surface area contributed by atoms with Gasteiger partial charge < -0.3 is 4.48 Å². The predicted molar refractivity (Wildman–Crippen MR) is 37.8 cm³/mol. The molecule has 1 nitrogen and oxygen atoms in total. The molecule has 0 spiro atoms. The molecule has 50 valence electrons. The van der Waals surface area contributed by atoms with E-state index >= 15 is 0 Å². The molecule has 0 saturated carbocycles. The van der Waals surface area contributed by atoms with Crippen molar-refractivity contribution in [2.75, 3.05) is 26.7 Å². The Hall–Kier alpha value is -0.0400. The first-order valence-corrected chi connectivity index (χ1v) is 3.39. The molecule has 0 aromatic heterocycles. The van der Waals surface area contributed by atoms with Gasteiger partial charge in [0, 0.05) is 0 Å². The molecule has 0 rings (SSSR count). The summed E-state index contributed by atoms with van der Waals surface area (Å²) in [7, 11) is 0.531. The molecular formula is C7H18N+. The fourth-order valence-corrected chi connectivity index (χ4v) is 0.671. The zero-order valence-corrected chi connectivity index (χ0v) is 6.28. The van der Waals surface area contributed by atoms with E-state index in [2.05, 4.69) is 20.8 Å². The largest absolute Gasteiger partial charge is 0.327 e. The van der Waals surface area contributed by atoms with Crippen molar-refractivity contribution >= 4 is 0 Å². The van der Waals surface area contributed by atoms with Gasteiger partial charge in [0.2, 0.25) is 0 Å². The third-order valence-corrected chi connectivity index (χ3v) is 2.01. The van der Waals surface area contributed by atoms with Gasteiger partial charge in [-0.2, -0.15) is 0 Å². The van der Waals surface area contributed by atoms with E-state index in [-0.39, 0.29) is 0 Å². The molecule has 0 aromatic carbocycles. The Morgan fingerprint density at radius 3 is 1.50 bits per heavy atom. The van der Waals surface area contributed by atoms with Crippen molar-refractivity contribution in [2.45, 2.75) is 20.8 Å². The molecule has 0 radical (unpaired) electrons. The summed E-state index contributed by atoms with van der Waals surface area (Å²) < 4.78 is 8.22. The highest BCUT2D eigenvalue weighted by Gasteiger charge is 2.10. The van der Waals surface area contributed by atoms with Gasteiger partial charge >= 0.3 is 0 Å². The van der Waals surface area contributed by atoms with Crippen LogP contribution in [0.2, 0.25) is 0 Å². The summed E-state index contributed by atoms with van der Waals surface area (Å²) >= 11 is 0. The lowest BCUT2D eigenvalue weighted by Gasteiger charge is -2.30. The molecule has 0 aliphatic heterocycles. The monoisotopic (exact) mass is 117 g/mol. The lowest BCUT2D eigenvalue weighted by atomic mass is 10.4. The Balaban J connectivity index is 3.82. The summed E-state index contributed by atoms with van der Waals surface area (Å²) in [5, 5.41) is 0. The zero-order chi connectivity index (χ0) is 7.33. The van der Waals surface area contributed by atoms with Crippen LogP contribution in [0.4, 0.5) is 0 Å². The summed E-state index contributed by atoms with van der Waals surface area (Å²) in [6.45, 7) is 9.74. The topological polar surface area (TPSA) is 0 Å². The van der Waals surface area contributed by atoms with Gasteiger partial charge in [0.15, 0.2) is 0 Å². The van der Waals surface area contributed by atoms with Gasteiger partial charge in [-0.1, -0.05) is 0 Å². The molecule has 0 aliphatic carbocycles. The van der Waals surface area contributed by atoms with E-state index in [0.29, 0.717) is 7.02 Å². The maximum Gasteiger partial charge on any atom is 0.0887 e. The maximum absolute atomic E-state index is 7.28. The van der Waals surface area contributed by atoms with Crippen LogP contribution in [0.1, 0.15) is 22.1 Å². The highest BCUT2D eigenvalue weighted by atomic mass is 15.3. The van der Waals surface area contributed by atoms with Crippen LogP contribution in [-0.4, -0.2) is 31.1 Å². The number of nitrogens with zero attached hydrogens (tertiary/aromatic N) is 1. The zero-order valence-electron chi connectivity index (χ0n) is 7.28. The van der Waals surface area contributed by atoms with Gasteiger partial charge in [0.25, 0.3) is 0 Å². The van der Waals surface area contributed by atoms with E-state index in [4.69, 9.17) is 1.37 Å². The standard InChI is InChI=1S/C7H18N/c1-5-8(4,6-2)7-3/h5-7H2,1-4H3/q+1/i4D. The molecular weight excluding hydrogens is 98.1 g/mol. The van der Waals surface area contributed by atoms with Gasteiger partial charge in [0.05, 0.1) is 28.0 Å². The number of hydrogen-bond acceptors (Lipinski definition) is 0. The van der Waals surface area contributed by atoms with Crippen molar-refractivity contribution in [3.63, 3.8) is 0 Å². The molecule has 0 bridgehead atoms. The van der Waals surface area contributed by atoms with Crippen LogP contribution >= 0.6 is 0 Å². The molecule has 1 heteroatoms. The summed E-state index contributed by atoms with van der Waals surface area (Å²) in [5.74, 6) is 0. The minimum Gasteiger partial charge on any atom is -0.327 e. The molecule has 0 fully saturated rings. The minimum absolute atomic E-state index is 0.531. The smallest absolute Gasteiger partial charge is 0.0887 e. The first-order chi connectivity index (χ1) is 4.24. The average Bonchev–Trinajstić information content (AvgIpc) is 1.95. The van der Waals surface area contributed by atoms with E-state index in [0.717, 1.165) is 24.1 Å². The molecule has 0 heterocycles. The SMILES string of the molecule is [2H]C[N+](CC)(CC)CC. The summed E-state index contributed by atoms with van der Waals surface area (Å²) in [6, 6.07) is 0. The second-order valence-electron chi connectivity index (χ2n) is 2.29. The van der Waals surface area contributed by atoms with Gasteiger partial charge in [-0.3, -0.25) is 0 Å². The van der Waals surface area contributed by atoms with Crippen LogP contribution in [0, 0.1) is 0 Å². The molecule has 0 aromatic rings. The van der Waals surface area contributed by atoms with Gasteiger partial charge in [-0.15, -0.1) is 0 Å². The number of quaternary nitrogens is 1. The second-order valence-corrected chi connectivity index (χ2v) is 2.29. The van der Waals surface area contributed by atoms with Gasteiger partial charge in [-0.05, 0) is 20.8 Å². The Bertz CT molecular complexity index is 51.8. The number of hydrogen-bond donors (Lipinski definition) is 0. The van der Waals surface area contributed by atoms with Crippen LogP contribution in [0.3, 0.4) is 0 Å². The molecule has 0 saturated heterocycles. The van der Waals surface area contributed by atoms with Crippen molar-refractivity contribution in [1.29, 1.82) is 0 Å². The van der Waals surface area contributed by atoms with Crippen molar-refractivity contribution in [1.82, 2.24) is 0 Å². The van der Waals surface area contributed by atoms with E-state index in [1.165, 1.54) is 0 Å². The summed E-state index contributed by atoms with van der Waals surface area (Å²) in [4.78, 5) is 0. The van der Waals surface area contributed by atoms with E-state index in [9.17, 15) is 0 Å². The second kappa shape index (κ2) is 3.08. The van der Waals surface area contributed by atoms with Gasteiger partial charge in [-0.25, -0.2) is 0 Å². The van der Waals surface area contributed by atoms with Crippen molar-refractivity contribution < 1.29 is 5.85 Å². The molecule has 0 N–H and O–H groups in total. The van der Waals surface area contributed by atoms with Crippen molar-refractivity contribution in [3.05, 3.63) is 0 Å². The van der Waals surface area contributed by atoms with E-state index < -0.39 is 0 Å². The van der Waals surface area contributed by atoms with Crippen LogP contribution in [-0.2, 0) is 0 Å². The Kier molecular flexibility index (Phi) is 2.34. The highest BCUT2D eigenvalue weighted by Crippen LogP contribution is 1.97. The van der Waals surface area contributed by atoms with Crippen LogP contribution in [0.15, 0.2) is 0 Å². The van der Waals surface area contributed by atoms with Crippen LogP contribution in [0.5, 0.6) is 0 Å². The highest BCUT2D eigenvalue weighted by molar-refractivity contribution is 4.24. The lowest BCUT2D eigenvalue weighted by Crippen LogP contribution is -2.42. The first-order valence-electron chi connectivity index (χ1n) is 4.09. The molecule has 0 aliphatic rings. The summed E-state index contributed by atoms with van der Waals surface area (Å²) in [6.07, 6.45) is 0. The average molecular weight is 117 g/mol. The summed E-state index contributed by atoms with van der Waals surface area (Å²) in [5.41, 5.74) is 0. The third-order valence-electron chi connectivity index (χ3n) is 2.01. The Labute approximate surface area is 54.3 Å². The molecule has 0 unspecified atom stereocenters. The van der Waals surface area contributed by atoms with E-state index in [1.807, 2.05) is 0 Å². The minimum atomic E-state index is 0.531. The molecule has 0 amide bonds. The van der Waals surface area contributed by atoms with E-state index in [1.54, 1.807) is 0 Å². The van der Waals surface area contributed by atoms with Crippen molar-refractivity contribution in [3.8, 4) is 0 Å². The lowest BCUT2D eigenvalue weighted by molar-refractivity contribution is -0.904. The quantitative estimate of drug-likeness (QED) is 0.491. The Morgan fingerprint density at radius 1 is 1.12 bits per heavy atom. The molecule has 0 atom stereocenters. The fraction of sp³-hybridized carbons (Fsp3) is 1.00. The van der Waals surface area contributed by atoms with Crippen molar-refractivity contribution in [2.24, 2.45) is 0 Å². The molecule has 8 heavy (non-hydrogen) atoms. The van der Waals surface area contributed by atoms with Crippen LogP contribution in [0.25, 0.3) is 0 Å².